The minimum absolute atomic E-state index is 0.0452. The smallest absolute Gasteiger partial charge is 0.273 e. The molecule has 0 aliphatic carbocycles. The minimum Gasteiger partial charge on any atom is -0.393 e. The summed E-state index contributed by atoms with van der Waals surface area (Å²) in [5, 5.41) is 14.6. The van der Waals surface area contributed by atoms with Crippen LogP contribution in [0.1, 0.15) is 53.9 Å². The van der Waals surface area contributed by atoms with Gasteiger partial charge in [-0.15, -0.1) is 11.3 Å². The summed E-state index contributed by atoms with van der Waals surface area (Å²) in [6.07, 6.45) is 0.442. The largest absolute Gasteiger partial charge is 0.393 e. The molecule has 0 aliphatic heterocycles. The van der Waals surface area contributed by atoms with Crippen LogP contribution in [0.15, 0.2) is 21.7 Å². The second-order valence-corrected chi connectivity index (χ2v) is 10.7. The van der Waals surface area contributed by atoms with Gasteiger partial charge in [0.05, 0.1) is 6.10 Å². The van der Waals surface area contributed by atoms with Gasteiger partial charge in [-0.05, 0) is 41.4 Å². The number of alkyl halides is 1. The molecule has 162 valence electrons. The molecule has 9 heteroatoms. The average molecular weight is 453 g/mol. The molecule has 6 atom stereocenters. The van der Waals surface area contributed by atoms with Crippen LogP contribution >= 0.6 is 23.6 Å². The summed E-state index contributed by atoms with van der Waals surface area (Å²) in [4.78, 5) is 0. The SMILES string of the molecule is CCC[C@H](C)[C@@H](C)[C@H](O)[C@H](CC)[C@H](C)C(F)NC(=S)NS(=O)(=O)c1cccs1. The number of thiocarbonyl (C=S) groups is 1. The molecule has 1 unspecified atom stereocenters. The van der Waals surface area contributed by atoms with Gasteiger partial charge < -0.3 is 10.4 Å². The zero-order valence-electron chi connectivity index (χ0n) is 17.2. The molecule has 0 amide bonds. The van der Waals surface area contributed by atoms with Crippen LogP contribution in [0.25, 0.3) is 0 Å². The van der Waals surface area contributed by atoms with Gasteiger partial charge in [0.25, 0.3) is 10.0 Å². The van der Waals surface area contributed by atoms with E-state index in [1.807, 2.05) is 13.8 Å². The van der Waals surface area contributed by atoms with E-state index in [2.05, 4.69) is 23.9 Å². The number of aliphatic hydroxyl groups excluding tert-OH is 1. The second-order valence-electron chi connectivity index (χ2n) is 7.46. The van der Waals surface area contributed by atoms with E-state index in [0.29, 0.717) is 12.3 Å². The van der Waals surface area contributed by atoms with E-state index in [-0.39, 0.29) is 21.2 Å². The van der Waals surface area contributed by atoms with Crippen LogP contribution in [-0.4, -0.2) is 31.0 Å². The van der Waals surface area contributed by atoms with Crippen molar-refractivity contribution in [2.75, 3.05) is 0 Å². The lowest BCUT2D eigenvalue weighted by Crippen LogP contribution is -2.48. The Balaban J connectivity index is 2.72. The van der Waals surface area contributed by atoms with Crippen LogP contribution in [0, 0.1) is 23.7 Å². The summed E-state index contributed by atoms with van der Waals surface area (Å²) >= 11 is 6.04. The zero-order valence-corrected chi connectivity index (χ0v) is 19.6. The van der Waals surface area contributed by atoms with Crippen molar-refractivity contribution >= 4 is 38.7 Å². The third-order valence-corrected chi connectivity index (χ3v) is 8.58. The van der Waals surface area contributed by atoms with Crippen molar-refractivity contribution in [3.8, 4) is 0 Å². The first kappa shape index (κ1) is 25.3. The maximum Gasteiger partial charge on any atom is 0.273 e. The molecule has 5 nitrogen and oxygen atoms in total. The van der Waals surface area contributed by atoms with Gasteiger partial charge in [-0.25, -0.2) is 12.8 Å². The van der Waals surface area contributed by atoms with Gasteiger partial charge in [-0.3, -0.25) is 4.72 Å². The molecule has 0 spiro atoms. The van der Waals surface area contributed by atoms with Crippen LogP contribution in [0.4, 0.5) is 4.39 Å². The van der Waals surface area contributed by atoms with Crippen molar-refractivity contribution in [2.45, 2.75) is 70.5 Å². The van der Waals surface area contributed by atoms with E-state index in [1.165, 1.54) is 6.07 Å². The van der Waals surface area contributed by atoms with Gasteiger partial charge in [0.15, 0.2) is 11.4 Å². The van der Waals surface area contributed by atoms with Gasteiger partial charge >= 0.3 is 0 Å². The van der Waals surface area contributed by atoms with Crippen LogP contribution < -0.4 is 10.0 Å². The lowest BCUT2D eigenvalue weighted by Gasteiger charge is -2.35. The Morgan fingerprint density at radius 3 is 2.43 bits per heavy atom. The van der Waals surface area contributed by atoms with Crippen LogP contribution in [0.5, 0.6) is 0 Å². The topological polar surface area (TPSA) is 78.4 Å². The molecule has 0 saturated carbocycles. The molecular weight excluding hydrogens is 419 g/mol. The van der Waals surface area contributed by atoms with Crippen molar-refractivity contribution in [1.29, 1.82) is 0 Å². The van der Waals surface area contributed by atoms with E-state index in [0.717, 1.165) is 24.2 Å². The molecule has 28 heavy (non-hydrogen) atoms. The summed E-state index contributed by atoms with van der Waals surface area (Å²) in [6, 6.07) is 3.07. The monoisotopic (exact) mass is 452 g/mol. The number of halogens is 1. The quantitative estimate of drug-likeness (QED) is 0.345. The highest BCUT2D eigenvalue weighted by Gasteiger charge is 2.34. The van der Waals surface area contributed by atoms with Crippen molar-refractivity contribution in [1.82, 2.24) is 10.0 Å². The fourth-order valence-electron chi connectivity index (χ4n) is 3.46. The fraction of sp³-hybridized carbons (Fsp3) is 0.737. The Morgan fingerprint density at radius 1 is 1.29 bits per heavy atom. The molecule has 0 radical (unpaired) electrons. The molecule has 1 rings (SSSR count). The summed E-state index contributed by atoms with van der Waals surface area (Å²) in [5.41, 5.74) is 0. The van der Waals surface area contributed by atoms with E-state index in [9.17, 15) is 17.9 Å². The standard InChI is InChI=1S/C19H33FN2O3S3/c1-6-9-12(3)13(4)17(23)15(7-2)14(5)18(20)21-19(26)22-28(24,25)16-10-8-11-27-16/h8,10-15,17-18,23H,6-7,9H2,1-5H3,(H2,21,22,26)/t12-,13+,14-,15+,17-,18?/m0/s1. The fourth-order valence-corrected chi connectivity index (χ4v) is 5.81. The Bertz CT molecular complexity index is 697. The van der Waals surface area contributed by atoms with Crippen molar-refractivity contribution in [2.24, 2.45) is 23.7 Å². The predicted molar refractivity (Wildman–Crippen MR) is 117 cm³/mol. The third-order valence-electron chi connectivity index (χ3n) is 5.48. The molecular formula is C19H33FN2O3S3. The number of sulfonamides is 1. The number of aliphatic hydroxyl groups is 1. The van der Waals surface area contributed by atoms with E-state index < -0.39 is 28.3 Å². The molecule has 1 heterocycles. The van der Waals surface area contributed by atoms with Crippen LogP contribution in [0.3, 0.4) is 0 Å². The number of rotatable bonds is 11. The number of thiophene rings is 1. The summed E-state index contributed by atoms with van der Waals surface area (Å²) in [5.74, 6) is -0.427. The van der Waals surface area contributed by atoms with Crippen molar-refractivity contribution in [3.05, 3.63) is 17.5 Å². The highest BCUT2D eigenvalue weighted by Crippen LogP contribution is 2.32. The summed E-state index contributed by atoms with van der Waals surface area (Å²) in [7, 11) is -3.81. The first-order valence-corrected chi connectivity index (χ1v) is 12.5. The lowest BCUT2D eigenvalue weighted by atomic mass is 9.76. The molecule has 0 fully saturated rings. The Morgan fingerprint density at radius 2 is 1.93 bits per heavy atom. The normalized spacial score (nSPS) is 18.5. The number of hydrogen-bond acceptors (Lipinski definition) is 5. The zero-order chi connectivity index (χ0) is 21.5. The van der Waals surface area contributed by atoms with Gasteiger partial charge in [0.2, 0.25) is 0 Å². The minimum atomic E-state index is -3.81. The van der Waals surface area contributed by atoms with E-state index in [4.69, 9.17) is 12.2 Å². The van der Waals surface area contributed by atoms with Crippen LogP contribution in [0.2, 0.25) is 0 Å². The number of nitrogens with one attached hydrogen (secondary N) is 2. The van der Waals surface area contributed by atoms with Gasteiger partial charge in [0.1, 0.15) is 4.21 Å². The maximum absolute atomic E-state index is 14.8. The first-order valence-electron chi connectivity index (χ1n) is 9.74. The summed E-state index contributed by atoms with van der Waals surface area (Å²) in [6.45, 7) is 9.85. The molecule has 1 aromatic rings. The van der Waals surface area contributed by atoms with Gasteiger partial charge in [-0.1, -0.05) is 59.9 Å². The highest BCUT2D eigenvalue weighted by atomic mass is 32.2. The van der Waals surface area contributed by atoms with Gasteiger partial charge in [-0.2, -0.15) is 0 Å². The highest BCUT2D eigenvalue weighted by molar-refractivity contribution is 7.93. The Hall–Kier alpha value is -0.770. The first-order chi connectivity index (χ1) is 13.0. The maximum atomic E-state index is 14.8. The number of hydrogen-bond donors (Lipinski definition) is 3. The molecule has 0 aliphatic rings. The van der Waals surface area contributed by atoms with Crippen molar-refractivity contribution < 1.29 is 17.9 Å². The molecule has 3 N–H and O–H groups in total. The third kappa shape index (κ3) is 6.93. The van der Waals surface area contributed by atoms with Crippen molar-refractivity contribution in [3.63, 3.8) is 0 Å². The molecule has 0 saturated heterocycles. The second kappa shape index (κ2) is 11.4. The Kier molecular flexibility index (Phi) is 10.3. The lowest BCUT2D eigenvalue weighted by molar-refractivity contribution is -0.0100. The average Bonchev–Trinajstić information content (AvgIpc) is 3.16. The van der Waals surface area contributed by atoms with Crippen LogP contribution in [-0.2, 0) is 10.0 Å². The van der Waals surface area contributed by atoms with Gasteiger partial charge in [0, 0.05) is 5.92 Å². The van der Waals surface area contributed by atoms with E-state index in [1.54, 1.807) is 18.4 Å². The molecule has 0 bridgehead atoms. The Labute approximate surface area is 178 Å². The summed E-state index contributed by atoms with van der Waals surface area (Å²) < 4.78 is 41.5. The predicted octanol–water partition coefficient (Wildman–Crippen LogP) is 4.29. The molecule has 0 aromatic carbocycles. The molecule has 1 aromatic heterocycles. The van der Waals surface area contributed by atoms with E-state index >= 15 is 0 Å².